The lowest BCUT2D eigenvalue weighted by Gasteiger charge is -1.93. The molecule has 3 N–H and O–H groups in total. The van der Waals surface area contributed by atoms with Crippen LogP contribution in [-0.2, 0) is 13.2 Å². The molecule has 3 heteroatoms. The van der Waals surface area contributed by atoms with E-state index in [4.69, 9.17) is 15.3 Å². The molecule has 0 saturated carbocycles. The van der Waals surface area contributed by atoms with Crippen LogP contribution in [0.25, 0.3) is 11.0 Å². The topological polar surface area (TPSA) is 59.4 Å². The van der Waals surface area contributed by atoms with Gasteiger partial charge in [-0.15, -0.1) is 0 Å². The highest BCUT2D eigenvalue weighted by atomic mass is 16.3. The Kier molecular flexibility index (Phi) is 2.04. The van der Waals surface area contributed by atoms with Gasteiger partial charge in [0.05, 0.1) is 13.2 Å². The summed E-state index contributed by atoms with van der Waals surface area (Å²) in [6.07, 6.45) is 0. The molecular formula is C10H11NO2. The maximum absolute atomic E-state index is 9.12. The van der Waals surface area contributed by atoms with Crippen molar-refractivity contribution in [1.82, 2.24) is 0 Å². The van der Waals surface area contributed by atoms with Crippen LogP contribution in [0, 0.1) is 0 Å². The lowest BCUT2D eigenvalue weighted by molar-refractivity contribution is 0.279. The number of hydrogen-bond donors (Lipinski definition) is 2. The summed E-state index contributed by atoms with van der Waals surface area (Å²) in [5.74, 6) is 0.670. The van der Waals surface area contributed by atoms with E-state index in [0.29, 0.717) is 12.3 Å². The molecule has 0 aliphatic rings. The Labute approximate surface area is 75.8 Å². The largest absolute Gasteiger partial charge is 0.459 e. The van der Waals surface area contributed by atoms with Crippen LogP contribution >= 0.6 is 0 Å². The van der Waals surface area contributed by atoms with Crippen molar-refractivity contribution in [3.05, 3.63) is 35.6 Å². The van der Waals surface area contributed by atoms with E-state index in [1.807, 2.05) is 24.3 Å². The molecule has 1 aromatic carbocycles. The number of benzene rings is 1. The molecule has 1 aromatic heterocycles. The van der Waals surface area contributed by atoms with E-state index in [1.165, 1.54) is 0 Å². The van der Waals surface area contributed by atoms with Gasteiger partial charge in [0.25, 0.3) is 0 Å². The van der Waals surface area contributed by atoms with Gasteiger partial charge in [0.2, 0.25) is 0 Å². The van der Waals surface area contributed by atoms with Gasteiger partial charge < -0.3 is 15.3 Å². The fourth-order valence-corrected chi connectivity index (χ4v) is 1.49. The normalized spacial score (nSPS) is 10.9. The summed E-state index contributed by atoms with van der Waals surface area (Å²) in [4.78, 5) is 0. The van der Waals surface area contributed by atoms with Gasteiger partial charge in [0.15, 0.2) is 0 Å². The first-order valence-electron chi connectivity index (χ1n) is 4.17. The molecule has 0 bridgehead atoms. The molecule has 0 saturated heterocycles. The summed E-state index contributed by atoms with van der Waals surface area (Å²) in [5.41, 5.74) is 7.07. The molecule has 2 aromatic rings. The number of rotatable bonds is 2. The van der Waals surface area contributed by atoms with Crippen LogP contribution in [0.3, 0.4) is 0 Å². The fourth-order valence-electron chi connectivity index (χ4n) is 1.49. The zero-order valence-corrected chi connectivity index (χ0v) is 7.16. The molecule has 68 valence electrons. The van der Waals surface area contributed by atoms with E-state index < -0.39 is 0 Å². The first kappa shape index (κ1) is 8.29. The Morgan fingerprint density at radius 3 is 2.77 bits per heavy atom. The molecule has 2 rings (SSSR count). The monoisotopic (exact) mass is 177 g/mol. The van der Waals surface area contributed by atoms with Crippen LogP contribution in [0.15, 0.2) is 28.7 Å². The predicted molar refractivity (Wildman–Crippen MR) is 50.0 cm³/mol. The number of aliphatic hydroxyl groups is 1. The highest BCUT2D eigenvalue weighted by Gasteiger charge is 2.10. The Balaban J connectivity index is 2.73. The third-order valence-electron chi connectivity index (χ3n) is 2.13. The van der Waals surface area contributed by atoms with Crippen LogP contribution in [0.1, 0.15) is 11.3 Å². The lowest BCUT2D eigenvalue weighted by atomic mass is 10.1. The SMILES string of the molecule is NCc1oc2ccccc2c1CO. The third-order valence-corrected chi connectivity index (χ3v) is 2.13. The number of aliphatic hydroxyl groups excluding tert-OH is 1. The van der Waals surface area contributed by atoms with Crippen molar-refractivity contribution in [2.24, 2.45) is 5.73 Å². The molecule has 0 atom stereocenters. The van der Waals surface area contributed by atoms with E-state index in [2.05, 4.69) is 0 Å². The summed E-state index contributed by atoms with van der Waals surface area (Å²) in [7, 11) is 0. The minimum atomic E-state index is -0.0243. The van der Waals surface area contributed by atoms with Crippen LogP contribution in [-0.4, -0.2) is 5.11 Å². The quantitative estimate of drug-likeness (QED) is 0.728. The van der Waals surface area contributed by atoms with E-state index in [0.717, 1.165) is 16.5 Å². The summed E-state index contributed by atoms with van der Waals surface area (Å²) < 4.78 is 5.45. The van der Waals surface area contributed by atoms with Gasteiger partial charge in [-0.25, -0.2) is 0 Å². The van der Waals surface area contributed by atoms with Gasteiger partial charge >= 0.3 is 0 Å². The zero-order valence-electron chi connectivity index (χ0n) is 7.16. The number of furan rings is 1. The van der Waals surface area contributed by atoms with Crippen molar-refractivity contribution in [3.8, 4) is 0 Å². The Bertz CT molecular complexity index is 420. The third kappa shape index (κ3) is 1.22. The van der Waals surface area contributed by atoms with Crippen molar-refractivity contribution in [3.63, 3.8) is 0 Å². The Morgan fingerprint density at radius 1 is 1.31 bits per heavy atom. The molecule has 0 unspecified atom stereocenters. The number of para-hydroxylation sites is 1. The first-order chi connectivity index (χ1) is 6.36. The van der Waals surface area contributed by atoms with E-state index in [-0.39, 0.29) is 6.61 Å². The van der Waals surface area contributed by atoms with Crippen molar-refractivity contribution < 1.29 is 9.52 Å². The van der Waals surface area contributed by atoms with Gasteiger partial charge in [-0.05, 0) is 6.07 Å². The summed E-state index contributed by atoms with van der Waals surface area (Å²) in [5, 5.41) is 10.1. The van der Waals surface area contributed by atoms with Gasteiger partial charge in [-0.3, -0.25) is 0 Å². The number of nitrogens with two attached hydrogens (primary N) is 1. The first-order valence-corrected chi connectivity index (χ1v) is 4.17. The molecule has 0 spiro atoms. The highest BCUT2D eigenvalue weighted by Crippen LogP contribution is 2.25. The van der Waals surface area contributed by atoms with E-state index in [9.17, 15) is 0 Å². The van der Waals surface area contributed by atoms with Crippen LogP contribution in [0.4, 0.5) is 0 Å². The molecule has 0 radical (unpaired) electrons. The molecule has 3 nitrogen and oxygen atoms in total. The van der Waals surface area contributed by atoms with Crippen molar-refractivity contribution in [2.45, 2.75) is 13.2 Å². The summed E-state index contributed by atoms with van der Waals surface area (Å²) in [6, 6.07) is 7.60. The Morgan fingerprint density at radius 2 is 2.08 bits per heavy atom. The highest BCUT2D eigenvalue weighted by molar-refractivity contribution is 5.82. The summed E-state index contributed by atoms with van der Waals surface area (Å²) in [6.45, 7) is 0.300. The molecule has 0 aliphatic carbocycles. The minimum Gasteiger partial charge on any atom is -0.459 e. The predicted octanol–water partition coefficient (Wildman–Crippen LogP) is 1.38. The van der Waals surface area contributed by atoms with E-state index in [1.54, 1.807) is 0 Å². The zero-order chi connectivity index (χ0) is 9.26. The lowest BCUT2D eigenvalue weighted by Crippen LogP contribution is -1.97. The smallest absolute Gasteiger partial charge is 0.134 e. The molecule has 0 aliphatic heterocycles. The summed E-state index contributed by atoms with van der Waals surface area (Å²) >= 11 is 0. The van der Waals surface area contributed by atoms with Gasteiger partial charge in [-0.1, -0.05) is 18.2 Å². The van der Waals surface area contributed by atoms with Gasteiger partial charge in [0, 0.05) is 10.9 Å². The van der Waals surface area contributed by atoms with Crippen molar-refractivity contribution >= 4 is 11.0 Å². The molecular weight excluding hydrogens is 166 g/mol. The van der Waals surface area contributed by atoms with Crippen LogP contribution in [0.5, 0.6) is 0 Å². The molecule has 13 heavy (non-hydrogen) atoms. The molecule has 0 amide bonds. The maximum Gasteiger partial charge on any atom is 0.134 e. The second-order valence-electron chi connectivity index (χ2n) is 2.86. The van der Waals surface area contributed by atoms with Crippen LogP contribution in [0.2, 0.25) is 0 Å². The van der Waals surface area contributed by atoms with Crippen molar-refractivity contribution in [2.75, 3.05) is 0 Å². The van der Waals surface area contributed by atoms with Gasteiger partial charge in [0.1, 0.15) is 11.3 Å². The second-order valence-corrected chi connectivity index (χ2v) is 2.86. The average molecular weight is 177 g/mol. The van der Waals surface area contributed by atoms with Gasteiger partial charge in [-0.2, -0.15) is 0 Å². The second kappa shape index (κ2) is 3.20. The molecule has 1 heterocycles. The number of fused-ring (bicyclic) bond motifs is 1. The van der Waals surface area contributed by atoms with Crippen molar-refractivity contribution in [1.29, 1.82) is 0 Å². The standard InChI is InChI=1S/C10H11NO2/c11-5-10-8(6-12)7-3-1-2-4-9(7)13-10/h1-4,12H,5-6,11H2. The molecule has 0 fully saturated rings. The van der Waals surface area contributed by atoms with Crippen LogP contribution < -0.4 is 5.73 Å². The average Bonchev–Trinajstić information content (AvgIpc) is 2.55. The Hall–Kier alpha value is -1.32. The maximum atomic E-state index is 9.12. The number of hydrogen-bond acceptors (Lipinski definition) is 3. The fraction of sp³-hybridized carbons (Fsp3) is 0.200. The minimum absolute atomic E-state index is 0.0243. The van der Waals surface area contributed by atoms with E-state index >= 15 is 0 Å².